The molecule has 1 atom stereocenters. The van der Waals surface area contributed by atoms with E-state index < -0.39 is 0 Å². The Bertz CT molecular complexity index is 312. The SMILES string of the molecule is NC(=S)CN1CCN(C(=O)NC2CCOC2)CC1. The molecule has 2 rings (SSSR count). The average molecular weight is 272 g/mol. The van der Waals surface area contributed by atoms with Crippen molar-refractivity contribution in [1.82, 2.24) is 15.1 Å². The van der Waals surface area contributed by atoms with Gasteiger partial charge < -0.3 is 20.7 Å². The maximum Gasteiger partial charge on any atom is 0.317 e. The monoisotopic (exact) mass is 272 g/mol. The van der Waals surface area contributed by atoms with Crippen LogP contribution in [0.3, 0.4) is 0 Å². The first kappa shape index (κ1) is 13.5. The number of ether oxygens (including phenoxy) is 1. The van der Waals surface area contributed by atoms with Crippen molar-refractivity contribution in [1.29, 1.82) is 0 Å². The number of thiocarbonyl (C=S) groups is 1. The van der Waals surface area contributed by atoms with E-state index in [9.17, 15) is 4.79 Å². The van der Waals surface area contributed by atoms with Crippen molar-refractivity contribution < 1.29 is 9.53 Å². The molecule has 2 aliphatic rings. The molecule has 0 spiro atoms. The standard InChI is InChI=1S/C11H20N4O2S/c12-10(18)7-14-2-4-15(5-3-14)11(16)13-9-1-6-17-8-9/h9H,1-8H2,(H2,12,18)(H,13,16). The van der Waals surface area contributed by atoms with E-state index in [0.717, 1.165) is 39.2 Å². The molecule has 18 heavy (non-hydrogen) atoms. The van der Waals surface area contributed by atoms with Crippen molar-refractivity contribution >= 4 is 23.2 Å². The van der Waals surface area contributed by atoms with Gasteiger partial charge in [0.2, 0.25) is 0 Å². The zero-order valence-electron chi connectivity index (χ0n) is 10.4. The van der Waals surface area contributed by atoms with Crippen molar-refractivity contribution in [2.24, 2.45) is 5.73 Å². The highest BCUT2D eigenvalue weighted by molar-refractivity contribution is 7.80. The molecule has 1 unspecified atom stereocenters. The second-order valence-electron chi connectivity index (χ2n) is 4.74. The van der Waals surface area contributed by atoms with Gasteiger partial charge in [0, 0.05) is 39.3 Å². The lowest BCUT2D eigenvalue weighted by atomic mass is 10.2. The van der Waals surface area contributed by atoms with Gasteiger partial charge in [-0.3, -0.25) is 4.90 Å². The van der Waals surface area contributed by atoms with Crippen LogP contribution in [0.5, 0.6) is 0 Å². The van der Waals surface area contributed by atoms with Gasteiger partial charge in [0.05, 0.1) is 17.6 Å². The number of rotatable bonds is 3. The molecule has 2 saturated heterocycles. The minimum absolute atomic E-state index is 0.0143. The summed E-state index contributed by atoms with van der Waals surface area (Å²) < 4.78 is 5.24. The van der Waals surface area contributed by atoms with Crippen molar-refractivity contribution in [3.63, 3.8) is 0 Å². The Hall–Kier alpha value is -0.920. The molecule has 0 bridgehead atoms. The van der Waals surface area contributed by atoms with Crippen LogP contribution >= 0.6 is 12.2 Å². The molecule has 2 amide bonds. The summed E-state index contributed by atoms with van der Waals surface area (Å²) in [6.07, 6.45) is 0.910. The van der Waals surface area contributed by atoms with E-state index in [1.54, 1.807) is 0 Å². The van der Waals surface area contributed by atoms with E-state index in [-0.39, 0.29) is 12.1 Å². The fourth-order valence-corrected chi connectivity index (χ4v) is 2.43. The van der Waals surface area contributed by atoms with Crippen LogP contribution in [0.15, 0.2) is 0 Å². The highest BCUT2D eigenvalue weighted by Gasteiger charge is 2.24. The van der Waals surface area contributed by atoms with Crippen LogP contribution in [0, 0.1) is 0 Å². The highest BCUT2D eigenvalue weighted by atomic mass is 32.1. The van der Waals surface area contributed by atoms with Crippen LogP contribution in [0.1, 0.15) is 6.42 Å². The predicted octanol–water partition coefficient (Wildman–Crippen LogP) is -0.611. The van der Waals surface area contributed by atoms with Gasteiger partial charge in [-0.15, -0.1) is 0 Å². The lowest BCUT2D eigenvalue weighted by Crippen LogP contribution is -2.54. The molecule has 0 radical (unpaired) electrons. The molecule has 6 nitrogen and oxygen atoms in total. The average Bonchev–Trinajstić information content (AvgIpc) is 2.82. The molecule has 2 fully saturated rings. The van der Waals surface area contributed by atoms with Gasteiger partial charge in [0.1, 0.15) is 0 Å². The summed E-state index contributed by atoms with van der Waals surface area (Å²) in [4.78, 5) is 16.5. The van der Waals surface area contributed by atoms with Crippen LogP contribution in [0.25, 0.3) is 0 Å². The molecule has 2 aliphatic heterocycles. The number of hydrogen-bond donors (Lipinski definition) is 2. The van der Waals surface area contributed by atoms with Gasteiger partial charge in [-0.05, 0) is 6.42 Å². The molecule has 7 heteroatoms. The fraction of sp³-hybridized carbons (Fsp3) is 0.818. The number of piperazine rings is 1. The number of urea groups is 1. The summed E-state index contributed by atoms with van der Waals surface area (Å²) in [7, 11) is 0. The van der Waals surface area contributed by atoms with E-state index in [1.807, 2.05) is 4.90 Å². The van der Waals surface area contributed by atoms with Crippen molar-refractivity contribution in [2.75, 3.05) is 45.9 Å². The smallest absolute Gasteiger partial charge is 0.317 e. The molecule has 2 heterocycles. The predicted molar refractivity (Wildman–Crippen MR) is 72.6 cm³/mol. The maximum atomic E-state index is 12.0. The summed E-state index contributed by atoms with van der Waals surface area (Å²) >= 11 is 4.88. The fourth-order valence-electron chi connectivity index (χ4n) is 2.24. The molecule has 3 N–H and O–H groups in total. The largest absolute Gasteiger partial charge is 0.392 e. The summed E-state index contributed by atoms with van der Waals surface area (Å²) in [5.41, 5.74) is 5.51. The van der Waals surface area contributed by atoms with Crippen LogP contribution < -0.4 is 11.1 Å². The molecule has 0 aromatic carbocycles. The number of carbonyl (C=O) groups is 1. The van der Waals surface area contributed by atoms with E-state index in [2.05, 4.69) is 10.2 Å². The molecular weight excluding hydrogens is 252 g/mol. The van der Waals surface area contributed by atoms with Crippen LogP contribution in [-0.2, 0) is 4.74 Å². The number of carbonyl (C=O) groups excluding carboxylic acids is 1. The number of nitrogens with zero attached hydrogens (tertiary/aromatic N) is 2. The van der Waals surface area contributed by atoms with E-state index in [4.69, 9.17) is 22.7 Å². The molecule has 0 aliphatic carbocycles. The Morgan fingerprint density at radius 2 is 2.11 bits per heavy atom. The third-order valence-corrected chi connectivity index (χ3v) is 3.43. The number of hydrogen-bond acceptors (Lipinski definition) is 4. The highest BCUT2D eigenvalue weighted by Crippen LogP contribution is 2.06. The van der Waals surface area contributed by atoms with Gasteiger partial charge in [-0.1, -0.05) is 12.2 Å². The molecule has 0 saturated carbocycles. The Balaban J connectivity index is 1.71. The lowest BCUT2D eigenvalue weighted by molar-refractivity contribution is 0.144. The second kappa shape index (κ2) is 6.31. The van der Waals surface area contributed by atoms with Gasteiger partial charge in [0.25, 0.3) is 0 Å². The molecule has 0 aromatic rings. The molecule has 102 valence electrons. The van der Waals surface area contributed by atoms with E-state index in [0.29, 0.717) is 18.1 Å². The quantitative estimate of drug-likeness (QED) is 0.671. The Kier molecular flexibility index (Phi) is 4.73. The minimum atomic E-state index is 0.0143. The first-order chi connectivity index (χ1) is 8.65. The van der Waals surface area contributed by atoms with Crippen LogP contribution in [0.4, 0.5) is 4.79 Å². The minimum Gasteiger partial charge on any atom is -0.392 e. The van der Waals surface area contributed by atoms with Crippen molar-refractivity contribution in [3.05, 3.63) is 0 Å². The summed E-state index contributed by atoms with van der Waals surface area (Å²) in [5, 5.41) is 3.00. The maximum absolute atomic E-state index is 12.0. The van der Waals surface area contributed by atoms with E-state index in [1.165, 1.54) is 0 Å². The normalized spacial score (nSPS) is 25.1. The Labute approximate surface area is 112 Å². The van der Waals surface area contributed by atoms with E-state index >= 15 is 0 Å². The number of nitrogens with two attached hydrogens (primary N) is 1. The lowest BCUT2D eigenvalue weighted by Gasteiger charge is -2.34. The Morgan fingerprint density at radius 1 is 1.39 bits per heavy atom. The Morgan fingerprint density at radius 3 is 2.67 bits per heavy atom. The first-order valence-electron chi connectivity index (χ1n) is 6.29. The second-order valence-corrected chi connectivity index (χ2v) is 5.26. The van der Waals surface area contributed by atoms with Gasteiger partial charge >= 0.3 is 6.03 Å². The number of amides is 2. The zero-order chi connectivity index (χ0) is 13.0. The van der Waals surface area contributed by atoms with Crippen molar-refractivity contribution in [3.8, 4) is 0 Å². The summed E-state index contributed by atoms with van der Waals surface area (Å²) in [5.74, 6) is 0. The van der Waals surface area contributed by atoms with Crippen LogP contribution in [-0.4, -0.2) is 72.8 Å². The summed E-state index contributed by atoms with van der Waals surface area (Å²) in [6.45, 7) is 5.11. The molecule has 0 aromatic heterocycles. The van der Waals surface area contributed by atoms with Gasteiger partial charge in [0.15, 0.2) is 0 Å². The third kappa shape index (κ3) is 3.79. The third-order valence-electron chi connectivity index (χ3n) is 3.30. The van der Waals surface area contributed by atoms with Crippen LogP contribution in [0.2, 0.25) is 0 Å². The van der Waals surface area contributed by atoms with Crippen molar-refractivity contribution in [2.45, 2.75) is 12.5 Å². The summed E-state index contributed by atoms with van der Waals surface area (Å²) in [6, 6.07) is 0.188. The topological polar surface area (TPSA) is 70.8 Å². The number of nitrogens with one attached hydrogen (secondary N) is 1. The zero-order valence-corrected chi connectivity index (χ0v) is 11.2. The van der Waals surface area contributed by atoms with Gasteiger partial charge in [-0.25, -0.2) is 4.79 Å². The first-order valence-corrected chi connectivity index (χ1v) is 6.70. The van der Waals surface area contributed by atoms with Gasteiger partial charge in [-0.2, -0.15) is 0 Å². The molecular formula is C11H20N4O2S.